The molecular formula is C34H45FN2O6. The highest BCUT2D eigenvalue weighted by Gasteiger charge is 2.60. The van der Waals surface area contributed by atoms with Gasteiger partial charge in [0, 0.05) is 51.5 Å². The zero-order valence-electron chi connectivity index (χ0n) is 25.9. The molecule has 5 rings (SSSR count). The normalized spacial score (nSPS) is 32.0. The summed E-state index contributed by atoms with van der Waals surface area (Å²) in [6.07, 6.45) is 5.40. The van der Waals surface area contributed by atoms with E-state index in [0.717, 1.165) is 19.3 Å². The van der Waals surface area contributed by atoms with E-state index in [0.29, 0.717) is 50.3 Å². The fraction of sp³-hybridized carbons (Fsp3) is 0.618. The van der Waals surface area contributed by atoms with Crippen LogP contribution in [0.3, 0.4) is 0 Å². The molecule has 1 saturated heterocycles. The summed E-state index contributed by atoms with van der Waals surface area (Å²) in [5, 5.41) is 0. The molecule has 43 heavy (non-hydrogen) atoms. The van der Waals surface area contributed by atoms with E-state index in [9.17, 15) is 18.8 Å². The van der Waals surface area contributed by atoms with Crippen LogP contribution in [-0.4, -0.2) is 74.3 Å². The SMILES string of the molecule is C=C1CC[C@H]2[C@](C)(CC[C@@H](OC(C)=O)[C@@]2(C)COC(C)=O)[C@@H]1C[C@@H](C1=CCOC1=O)N1CCN(c2ccccc2F)CC1. The zero-order chi connectivity index (χ0) is 30.9. The van der Waals surface area contributed by atoms with Crippen LogP contribution in [0.25, 0.3) is 0 Å². The van der Waals surface area contributed by atoms with Crippen molar-refractivity contribution >= 4 is 23.6 Å². The largest absolute Gasteiger partial charge is 0.465 e. The molecule has 1 aromatic rings. The van der Waals surface area contributed by atoms with Gasteiger partial charge in [-0.25, -0.2) is 9.18 Å². The Bertz CT molecular complexity index is 1290. The van der Waals surface area contributed by atoms with Crippen LogP contribution in [0, 0.1) is 28.5 Å². The average Bonchev–Trinajstić information content (AvgIpc) is 3.39. The van der Waals surface area contributed by atoms with Crippen LogP contribution in [0.1, 0.15) is 59.8 Å². The summed E-state index contributed by atoms with van der Waals surface area (Å²) in [4.78, 5) is 41.4. The molecule has 9 heteroatoms. The Morgan fingerprint density at radius 2 is 1.84 bits per heavy atom. The van der Waals surface area contributed by atoms with Crippen molar-refractivity contribution < 1.29 is 33.0 Å². The lowest BCUT2D eigenvalue weighted by Crippen LogP contribution is -2.59. The molecule has 0 aromatic heterocycles. The van der Waals surface area contributed by atoms with Crippen molar-refractivity contribution in [3.05, 3.63) is 53.9 Å². The number of allylic oxidation sites excluding steroid dienone is 1. The molecule has 0 amide bonds. The van der Waals surface area contributed by atoms with E-state index in [1.807, 2.05) is 18.2 Å². The highest BCUT2D eigenvalue weighted by molar-refractivity contribution is 5.91. The smallest absolute Gasteiger partial charge is 0.335 e. The zero-order valence-corrected chi connectivity index (χ0v) is 25.9. The van der Waals surface area contributed by atoms with Gasteiger partial charge in [-0.2, -0.15) is 0 Å². The molecule has 3 fully saturated rings. The third-order valence-corrected chi connectivity index (χ3v) is 10.7. The Kier molecular flexibility index (Phi) is 9.02. The van der Waals surface area contributed by atoms with E-state index < -0.39 is 5.41 Å². The van der Waals surface area contributed by atoms with E-state index in [1.165, 1.54) is 25.5 Å². The topological polar surface area (TPSA) is 85.4 Å². The van der Waals surface area contributed by atoms with E-state index in [-0.39, 0.29) is 66.3 Å². The molecule has 6 atom stereocenters. The number of halogens is 1. The Labute approximate surface area is 254 Å². The Hall–Kier alpha value is -3.20. The molecule has 8 nitrogen and oxygen atoms in total. The summed E-state index contributed by atoms with van der Waals surface area (Å²) in [7, 11) is 0. The van der Waals surface area contributed by atoms with Gasteiger partial charge in [-0.1, -0.05) is 38.1 Å². The van der Waals surface area contributed by atoms with Crippen LogP contribution in [0.4, 0.5) is 10.1 Å². The Morgan fingerprint density at radius 3 is 2.47 bits per heavy atom. The number of hydrogen-bond acceptors (Lipinski definition) is 8. The number of carbonyl (C=O) groups is 3. The second kappa shape index (κ2) is 12.4. The highest BCUT2D eigenvalue weighted by Crippen LogP contribution is 2.63. The van der Waals surface area contributed by atoms with Crippen molar-refractivity contribution in [2.24, 2.45) is 22.7 Å². The minimum absolute atomic E-state index is 0.0880. The molecule has 2 aliphatic carbocycles. The lowest BCUT2D eigenvalue weighted by Gasteiger charge is -2.61. The fourth-order valence-electron chi connectivity index (χ4n) is 8.58. The maximum atomic E-state index is 14.5. The van der Waals surface area contributed by atoms with E-state index in [4.69, 9.17) is 14.2 Å². The van der Waals surface area contributed by atoms with Crippen molar-refractivity contribution in [2.75, 3.05) is 44.3 Å². The summed E-state index contributed by atoms with van der Waals surface area (Å²) in [6, 6.07) is 6.68. The predicted octanol–water partition coefficient (Wildman–Crippen LogP) is 5.07. The number of hydrogen-bond donors (Lipinski definition) is 0. The number of ether oxygens (including phenoxy) is 3. The standard InChI is InChI=1S/C34H45FN2O6/c1-22-10-11-30-33(4,14-12-31(43-24(3)39)34(30,5)21-42-23(2)38)26(22)20-29(25-13-19-41-32(25)40)37-17-15-36(16-18-37)28-9-7-6-8-27(28)35/h6-9,13,26,29-31H,1,10-12,14-21H2,2-5H3/t26-,29+,30+,31-,33-,34+/m1/s1. The van der Waals surface area contributed by atoms with Crippen LogP contribution in [0.5, 0.6) is 0 Å². The van der Waals surface area contributed by atoms with E-state index in [2.05, 4.69) is 30.2 Å². The Morgan fingerprint density at radius 1 is 1.12 bits per heavy atom. The van der Waals surface area contributed by atoms with Crippen molar-refractivity contribution in [1.82, 2.24) is 4.90 Å². The number of esters is 3. The summed E-state index contributed by atoms with van der Waals surface area (Å²) in [5.74, 6) is -0.994. The number of benzene rings is 1. The number of carbonyl (C=O) groups excluding carboxylic acids is 3. The number of fused-ring (bicyclic) bond motifs is 1. The summed E-state index contributed by atoms with van der Waals surface area (Å²) in [6.45, 7) is 14.9. The fourth-order valence-corrected chi connectivity index (χ4v) is 8.58. The minimum Gasteiger partial charge on any atom is -0.465 e. The van der Waals surface area contributed by atoms with Gasteiger partial charge in [-0.3, -0.25) is 14.5 Å². The first-order valence-electron chi connectivity index (χ1n) is 15.5. The first-order chi connectivity index (χ1) is 20.4. The second-order valence-electron chi connectivity index (χ2n) is 13.2. The van der Waals surface area contributed by atoms with E-state index in [1.54, 1.807) is 6.07 Å². The van der Waals surface area contributed by atoms with Gasteiger partial charge >= 0.3 is 17.9 Å². The molecule has 4 aliphatic rings. The van der Waals surface area contributed by atoms with Crippen LogP contribution in [0.2, 0.25) is 0 Å². The minimum atomic E-state index is -0.560. The number of nitrogens with zero attached hydrogens (tertiary/aromatic N) is 2. The maximum absolute atomic E-state index is 14.5. The number of piperazine rings is 1. The molecule has 2 heterocycles. The summed E-state index contributed by atoms with van der Waals surface area (Å²) < 4.78 is 31.4. The van der Waals surface area contributed by atoms with Crippen molar-refractivity contribution in [3.8, 4) is 0 Å². The molecule has 0 N–H and O–H groups in total. The summed E-state index contributed by atoms with van der Waals surface area (Å²) >= 11 is 0. The van der Waals surface area contributed by atoms with Crippen molar-refractivity contribution in [2.45, 2.75) is 71.9 Å². The number of anilines is 1. The number of para-hydroxylation sites is 1. The quantitative estimate of drug-likeness (QED) is 0.234. The van der Waals surface area contributed by atoms with Crippen molar-refractivity contribution in [1.29, 1.82) is 0 Å². The van der Waals surface area contributed by atoms with E-state index >= 15 is 0 Å². The highest BCUT2D eigenvalue weighted by atomic mass is 19.1. The van der Waals surface area contributed by atoms with Gasteiger partial charge in [0.15, 0.2) is 0 Å². The lowest BCUT2D eigenvalue weighted by molar-refractivity contribution is -0.192. The molecule has 0 unspecified atom stereocenters. The second-order valence-corrected chi connectivity index (χ2v) is 13.2. The first kappa shape index (κ1) is 31.2. The Balaban J connectivity index is 1.42. The third-order valence-electron chi connectivity index (χ3n) is 10.7. The average molecular weight is 597 g/mol. The molecule has 2 saturated carbocycles. The van der Waals surface area contributed by atoms with Crippen LogP contribution in [0.15, 0.2) is 48.1 Å². The molecule has 1 aromatic carbocycles. The summed E-state index contributed by atoms with van der Waals surface area (Å²) in [5.41, 5.74) is 1.69. The van der Waals surface area contributed by atoms with Crippen LogP contribution < -0.4 is 4.90 Å². The number of cyclic esters (lactones) is 1. The van der Waals surface area contributed by atoms with Crippen molar-refractivity contribution in [3.63, 3.8) is 0 Å². The first-order valence-corrected chi connectivity index (χ1v) is 15.5. The monoisotopic (exact) mass is 596 g/mol. The van der Waals surface area contributed by atoms with Gasteiger partial charge in [0.25, 0.3) is 0 Å². The van der Waals surface area contributed by atoms with Gasteiger partial charge in [-0.05, 0) is 67.6 Å². The number of rotatable bonds is 8. The van der Waals surface area contributed by atoms with Gasteiger partial charge < -0.3 is 19.1 Å². The molecule has 0 radical (unpaired) electrons. The molecule has 0 bridgehead atoms. The third kappa shape index (κ3) is 6.10. The van der Waals surface area contributed by atoms with Crippen LogP contribution >= 0.6 is 0 Å². The molecule has 2 aliphatic heterocycles. The molecule has 234 valence electrons. The lowest BCUT2D eigenvalue weighted by atomic mass is 9.45. The van der Waals surface area contributed by atoms with Gasteiger partial charge in [0.05, 0.1) is 11.3 Å². The van der Waals surface area contributed by atoms with Crippen LogP contribution in [-0.2, 0) is 28.6 Å². The maximum Gasteiger partial charge on any atom is 0.335 e. The predicted molar refractivity (Wildman–Crippen MR) is 161 cm³/mol. The molecule has 0 spiro atoms. The van der Waals surface area contributed by atoms with Gasteiger partial charge in [-0.15, -0.1) is 0 Å². The van der Waals surface area contributed by atoms with Gasteiger partial charge in [0.2, 0.25) is 0 Å². The molecular weight excluding hydrogens is 551 g/mol. The van der Waals surface area contributed by atoms with Gasteiger partial charge in [0.1, 0.15) is 25.1 Å².